The van der Waals surface area contributed by atoms with Crippen molar-refractivity contribution < 1.29 is 4.74 Å². The van der Waals surface area contributed by atoms with Crippen molar-refractivity contribution in [3.8, 4) is 0 Å². The summed E-state index contributed by atoms with van der Waals surface area (Å²) in [6.07, 6.45) is 0. The quantitative estimate of drug-likeness (QED) is 0.766. The molecule has 4 rings (SSSR count). The van der Waals surface area contributed by atoms with E-state index in [4.69, 9.17) is 9.72 Å². The van der Waals surface area contributed by atoms with Gasteiger partial charge in [-0.2, -0.15) is 0 Å². The van der Waals surface area contributed by atoms with E-state index in [2.05, 4.69) is 39.5 Å². The Balaban J connectivity index is 1.50. The second kappa shape index (κ2) is 7.81. The van der Waals surface area contributed by atoms with Crippen LogP contribution in [0.1, 0.15) is 16.8 Å². The van der Waals surface area contributed by atoms with Crippen LogP contribution in [0, 0.1) is 6.92 Å². The van der Waals surface area contributed by atoms with Gasteiger partial charge < -0.3 is 10.1 Å². The van der Waals surface area contributed by atoms with Gasteiger partial charge in [-0.25, -0.2) is 9.97 Å². The van der Waals surface area contributed by atoms with Gasteiger partial charge in [0.2, 0.25) is 0 Å². The summed E-state index contributed by atoms with van der Waals surface area (Å²) < 4.78 is 5.45. The third-order valence-electron chi connectivity index (χ3n) is 4.81. The summed E-state index contributed by atoms with van der Waals surface area (Å²) in [6, 6.07) is 16.6. The number of nitrogens with zero attached hydrogens (tertiary/aromatic N) is 3. The summed E-state index contributed by atoms with van der Waals surface area (Å²) in [7, 11) is 0. The molecule has 0 spiro atoms. The first-order valence-electron chi connectivity index (χ1n) is 9.14. The van der Waals surface area contributed by atoms with Crippen molar-refractivity contribution in [1.82, 2.24) is 14.9 Å². The van der Waals surface area contributed by atoms with E-state index in [9.17, 15) is 0 Å². The molecule has 134 valence electrons. The molecule has 0 unspecified atom stereocenters. The SMILES string of the molecule is Cc1nc2ccccc2nc1NCc1ccccc1CN1CCOCC1. The van der Waals surface area contributed by atoms with Gasteiger partial charge in [0.15, 0.2) is 0 Å². The smallest absolute Gasteiger partial charge is 0.148 e. The molecule has 1 aliphatic heterocycles. The van der Waals surface area contributed by atoms with E-state index in [1.807, 2.05) is 31.2 Å². The highest BCUT2D eigenvalue weighted by Gasteiger charge is 2.13. The number of aromatic nitrogens is 2. The van der Waals surface area contributed by atoms with Crippen LogP contribution in [0.5, 0.6) is 0 Å². The molecule has 1 saturated heterocycles. The zero-order chi connectivity index (χ0) is 17.8. The lowest BCUT2D eigenvalue weighted by Crippen LogP contribution is -2.35. The molecule has 5 heteroatoms. The molecule has 5 nitrogen and oxygen atoms in total. The Morgan fingerprint density at radius 3 is 2.35 bits per heavy atom. The van der Waals surface area contributed by atoms with Crippen molar-refractivity contribution in [3.63, 3.8) is 0 Å². The highest BCUT2D eigenvalue weighted by atomic mass is 16.5. The predicted octanol–water partition coefficient (Wildman–Crippen LogP) is 3.38. The zero-order valence-electron chi connectivity index (χ0n) is 15.1. The van der Waals surface area contributed by atoms with Crippen molar-refractivity contribution >= 4 is 16.9 Å². The van der Waals surface area contributed by atoms with E-state index < -0.39 is 0 Å². The topological polar surface area (TPSA) is 50.3 Å². The number of nitrogens with one attached hydrogen (secondary N) is 1. The predicted molar refractivity (Wildman–Crippen MR) is 104 cm³/mol. The highest BCUT2D eigenvalue weighted by molar-refractivity contribution is 5.76. The summed E-state index contributed by atoms with van der Waals surface area (Å²) in [4.78, 5) is 11.8. The van der Waals surface area contributed by atoms with Gasteiger partial charge in [-0.05, 0) is 30.2 Å². The lowest BCUT2D eigenvalue weighted by Gasteiger charge is -2.27. The molecule has 1 aromatic heterocycles. The Labute approximate surface area is 154 Å². The molecule has 2 heterocycles. The average molecular weight is 348 g/mol. The monoisotopic (exact) mass is 348 g/mol. The Kier molecular flexibility index (Phi) is 5.09. The standard InChI is InChI=1S/C21H24N4O/c1-16-21(24-20-9-5-4-8-19(20)23-16)22-14-17-6-2-3-7-18(17)15-25-10-12-26-13-11-25/h2-9H,10-15H2,1H3,(H,22,24). The number of para-hydroxylation sites is 2. The molecule has 3 aromatic rings. The number of aryl methyl sites for hydroxylation is 1. The van der Waals surface area contributed by atoms with Crippen LogP contribution in [0.4, 0.5) is 5.82 Å². The number of ether oxygens (including phenoxy) is 1. The number of anilines is 1. The van der Waals surface area contributed by atoms with Crippen LogP contribution >= 0.6 is 0 Å². The minimum atomic E-state index is 0.744. The van der Waals surface area contributed by atoms with Gasteiger partial charge in [0.25, 0.3) is 0 Å². The normalized spacial score (nSPS) is 15.3. The van der Waals surface area contributed by atoms with E-state index in [0.29, 0.717) is 0 Å². The van der Waals surface area contributed by atoms with Gasteiger partial charge in [-0.1, -0.05) is 36.4 Å². The van der Waals surface area contributed by atoms with Crippen molar-refractivity contribution in [1.29, 1.82) is 0 Å². The van der Waals surface area contributed by atoms with Crippen LogP contribution in [-0.4, -0.2) is 41.2 Å². The highest BCUT2D eigenvalue weighted by Crippen LogP contribution is 2.18. The summed E-state index contributed by atoms with van der Waals surface area (Å²) in [6.45, 7) is 7.35. The van der Waals surface area contributed by atoms with Crippen LogP contribution in [-0.2, 0) is 17.8 Å². The summed E-state index contributed by atoms with van der Waals surface area (Å²) in [5, 5.41) is 3.48. The number of benzene rings is 2. The fraction of sp³-hybridized carbons (Fsp3) is 0.333. The third-order valence-corrected chi connectivity index (χ3v) is 4.81. The lowest BCUT2D eigenvalue weighted by molar-refractivity contribution is 0.0341. The van der Waals surface area contributed by atoms with Crippen LogP contribution in [0.2, 0.25) is 0 Å². The number of fused-ring (bicyclic) bond motifs is 1. The molecule has 2 aromatic carbocycles. The molecular weight excluding hydrogens is 324 g/mol. The van der Waals surface area contributed by atoms with Gasteiger partial charge in [0.1, 0.15) is 5.82 Å². The van der Waals surface area contributed by atoms with Gasteiger partial charge in [0, 0.05) is 26.2 Å². The Morgan fingerprint density at radius 1 is 0.923 bits per heavy atom. The largest absolute Gasteiger partial charge is 0.379 e. The summed E-state index contributed by atoms with van der Waals surface area (Å²) in [5.41, 5.74) is 5.43. The van der Waals surface area contributed by atoms with E-state index >= 15 is 0 Å². The summed E-state index contributed by atoms with van der Waals surface area (Å²) in [5.74, 6) is 0.852. The van der Waals surface area contributed by atoms with Crippen molar-refractivity contribution in [2.24, 2.45) is 0 Å². The maximum absolute atomic E-state index is 5.45. The molecule has 1 fully saturated rings. The van der Waals surface area contributed by atoms with Crippen molar-refractivity contribution in [2.75, 3.05) is 31.6 Å². The molecule has 0 bridgehead atoms. The van der Waals surface area contributed by atoms with Crippen LogP contribution in [0.3, 0.4) is 0 Å². The molecule has 0 atom stereocenters. The second-order valence-electron chi connectivity index (χ2n) is 6.66. The molecule has 1 N–H and O–H groups in total. The minimum Gasteiger partial charge on any atom is -0.379 e. The first-order chi connectivity index (χ1) is 12.8. The Bertz CT molecular complexity index is 890. The summed E-state index contributed by atoms with van der Waals surface area (Å²) >= 11 is 0. The Hall–Kier alpha value is -2.50. The van der Waals surface area contributed by atoms with E-state index in [0.717, 1.165) is 61.9 Å². The maximum Gasteiger partial charge on any atom is 0.148 e. The number of hydrogen-bond donors (Lipinski definition) is 1. The Morgan fingerprint density at radius 2 is 1.58 bits per heavy atom. The molecule has 0 aliphatic carbocycles. The van der Waals surface area contributed by atoms with Gasteiger partial charge in [0.05, 0.1) is 29.9 Å². The van der Waals surface area contributed by atoms with Gasteiger partial charge in [-0.15, -0.1) is 0 Å². The third kappa shape index (κ3) is 3.84. The molecule has 1 aliphatic rings. The van der Waals surface area contributed by atoms with E-state index in [-0.39, 0.29) is 0 Å². The fourth-order valence-electron chi connectivity index (χ4n) is 3.32. The molecule has 0 amide bonds. The number of hydrogen-bond acceptors (Lipinski definition) is 5. The maximum atomic E-state index is 5.45. The lowest BCUT2D eigenvalue weighted by atomic mass is 10.1. The first kappa shape index (κ1) is 16.9. The number of rotatable bonds is 5. The van der Waals surface area contributed by atoms with Crippen LogP contribution in [0.25, 0.3) is 11.0 Å². The first-order valence-corrected chi connectivity index (χ1v) is 9.14. The van der Waals surface area contributed by atoms with Crippen LogP contribution in [0.15, 0.2) is 48.5 Å². The molecule has 0 radical (unpaired) electrons. The minimum absolute atomic E-state index is 0.744. The van der Waals surface area contributed by atoms with Gasteiger partial charge >= 0.3 is 0 Å². The zero-order valence-corrected chi connectivity index (χ0v) is 15.1. The van der Waals surface area contributed by atoms with E-state index in [1.165, 1.54) is 11.1 Å². The van der Waals surface area contributed by atoms with Crippen LogP contribution < -0.4 is 5.32 Å². The van der Waals surface area contributed by atoms with Crippen molar-refractivity contribution in [3.05, 3.63) is 65.4 Å². The van der Waals surface area contributed by atoms with Crippen molar-refractivity contribution in [2.45, 2.75) is 20.0 Å². The van der Waals surface area contributed by atoms with E-state index in [1.54, 1.807) is 0 Å². The fourth-order valence-corrected chi connectivity index (χ4v) is 3.32. The molecule has 26 heavy (non-hydrogen) atoms. The number of morpholine rings is 1. The second-order valence-corrected chi connectivity index (χ2v) is 6.66. The molecular formula is C21H24N4O. The molecule has 0 saturated carbocycles. The van der Waals surface area contributed by atoms with Gasteiger partial charge in [-0.3, -0.25) is 4.90 Å². The average Bonchev–Trinajstić information content (AvgIpc) is 2.68.